The van der Waals surface area contributed by atoms with Crippen molar-refractivity contribution in [3.63, 3.8) is 0 Å². The van der Waals surface area contributed by atoms with Crippen LogP contribution in [0.2, 0.25) is 5.02 Å². The van der Waals surface area contributed by atoms with Crippen molar-refractivity contribution < 1.29 is 4.79 Å². The van der Waals surface area contributed by atoms with Gasteiger partial charge in [-0.25, -0.2) is 0 Å². The molecule has 3 aliphatic rings. The average molecular weight is 347 g/mol. The first-order valence-electron chi connectivity index (χ1n) is 9.43. The van der Waals surface area contributed by atoms with E-state index in [4.69, 9.17) is 11.6 Å². The second-order valence-corrected chi connectivity index (χ2v) is 8.41. The fourth-order valence-electron chi connectivity index (χ4n) is 4.27. The van der Waals surface area contributed by atoms with Crippen molar-refractivity contribution in [3.05, 3.63) is 34.9 Å². The van der Waals surface area contributed by atoms with E-state index in [1.165, 1.54) is 24.8 Å². The first-order valence-corrected chi connectivity index (χ1v) is 9.81. The fraction of sp³-hybridized carbons (Fsp3) is 0.650. The van der Waals surface area contributed by atoms with Crippen LogP contribution in [0.4, 0.5) is 0 Å². The van der Waals surface area contributed by atoms with Crippen molar-refractivity contribution >= 4 is 17.5 Å². The summed E-state index contributed by atoms with van der Waals surface area (Å²) in [6, 6.07) is 8.86. The van der Waals surface area contributed by atoms with Gasteiger partial charge in [0.25, 0.3) is 0 Å². The van der Waals surface area contributed by atoms with Crippen LogP contribution in [0.25, 0.3) is 0 Å². The van der Waals surface area contributed by atoms with Crippen LogP contribution >= 0.6 is 11.6 Å². The van der Waals surface area contributed by atoms with Gasteiger partial charge >= 0.3 is 0 Å². The van der Waals surface area contributed by atoms with Gasteiger partial charge in [-0.3, -0.25) is 4.79 Å². The number of halogens is 1. The monoisotopic (exact) mass is 346 g/mol. The van der Waals surface area contributed by atoms with Gasteiger partial charge in [-0.2, -0.15) is 0 Å². The molecule has 1 aromatic rings. The molecule has 4 heteroatoms. The summed E-state index contributed by atoms with van der Waals surface area (Å²) in [5.74, 6) is 0.622. The van der Waals surface area contributed by atoms with Gasteiger partial charge in [-0.05, 0) is 56.2 Å². The molecule has 1 aromatic carbocycles. The zero-order valence-electron chi connectivity index (χ0n) is 14.3. The van der Waals surface area contributed by atoms with Gasteiger partial charge in [-0.1, -0.05) is 30.2 Å². The Morgan fingerprint density at radius 1 is 1.12 bits per heavy atom. The molecule has 0 spiro atoms. The minimum atomic E-state index is 0.296. The van der Waals surface area contributed by atoms with E-state index < -0.39 is 0 Å². The largest absolute Gasteiger partial charge is 0.353 e. The smallest absolute Gasteiger partial charge is 0.223 e. The number of amides is 1. The van der Waals surface area contributed by atoms with Crippen molar-refractivity contribution in [2.75, 3.05) is 19.6 Å². The number of hydrogen-bond donors (Lipinski definition) is 1. The van der Waals surface area contributed by atoms with E-state index in [0.717, 1.165) is 50.3 Å². The number of carbonyl (C=O) groups is 1. The Labute approximate surface area is 149 Å². The molecule has 3 nitrogen and oxygen atoms in total. The standard InChI is InChI=1S/C20H27ClN2O/c21-17-6-4-16(5-7-17)20(10-1-11-20)14-23-12-8-18(9-13-23)22-19(24)15-2-3-15/h4-7,15,18H,1-3,8-14H2,(H,22,24). The van der Waals surface area contributed by atoms with E-state index in [2.05, 4.69) is 22.3 Å². The van der Waals surface area contributed by atoms with Gasteiger partial charge in [0.2, 0.25) is 5.91 Å². The summed E-state index contributed by atoms with van der Waals surface area (Å²) in [7, 11) is 0. The molecule has 2 saturated carbocycles. The van der Waals surface area contributed by atoms with Gasteiger partial charge in [0.15, 0.2) is 0 Å². The lowest BCUT2D eigenvalue weighted by Gasteiger charge is -2.47. The fourth-order valence-corrected chi connectivity index (χ4v) is 4.40. The number of carbonyl (C=O) groups excluding carboxylic acids is 1. The Morgan fingerprint density at radius 3 is 2.33 bits per heavy atom. The average Bonchev–Trinajstić information content (AvgIpc) is 3.38. The number of nitrogens with one attached hydrogen (secondary N) is 1. The number of nitrogens with zero attached hydrogens (tertiary/aromatic N) is 1. The summed E-state index contributed by atoms with van der Waals surface area (Å²) < 4.78 is 0. The van der Waals surface area contributed by atoms with E-state index in [0.29, 0.717) is 23.3 Å². The summed E-state index contributed by atoms with van der Waals surface area (Å²) >= 11 is 6.05. The summed E-state index contributed by atoms with van der Waals surface area (Å²) in [5, 5.41) is 4.07. The van der Waals surface area contributed by atoms with E-state index in [9.17, 15) is 4.79 Å². The molecule has 0 unspecified atom stereocenters. The van der Waals surface area contributed by atoms with Crippen molar-refractivity contribution in [1.29, 1.82) is 0 Å². The maximum Gasteiger partial charge on any atom is 0.223 e. The molecule has 24 heavy (non-hydrogen) atoms. The predicted octanol–water partition coefficient (Wildman–Crippen LogP) is 3.75. The lowest BCUT2D eigenvalue weighted by molar-refractivity contribution is -0.123. The Kier molecular flexibility index (Phi) is 4.57. The molecule has 0 radical (unpaired) electrons. The Balaban J connectivity index is 1.32. The maximum absolute atomic E-state index is 11.9. The molecule has 1 heterocycles. The normalized spacial score (nSPS) is 24.4. The number of benzene rings is 1. The van der Waals surface area contributed by atoms with E-state index in [-0.39, 0.29) is 0 Å². The van der Waals surface area contributed by atoms with Crippen molar-refractivity contribution in [2.24, 2.45) is 5.92 Å². The zero-order chi connectivity index (χ0) is 16.6. The first kappa shape index (κ1) is 16.4. The Bertz CT molecular complexity index is 584. The molecule has 1 amide bonds. The predicted molar refractivity (Wildman–Crippen MR) is 97.3 cm³/mol. The lowest BCUT2D eigenvalue weighted by Crippen LogP contribution is -2.51. The van der Waals surface area contributed by atoms with Gasteiger partial charge < -0.3 is 10.2 Å². The second-order valence-electron chi connectivity index (χ2n) is 7.97. The molecular formula is C20H27ClN2O. The number of rotatable bonds is 5. The molecule has 130 valence electrons. The summed E-state index contributed by atoms with van der Waals surface area (Å²) in [5.41, 5.74) is 1.77. The van der Waals surface area contributed by atoms with Crippen LogP contribution in [-0.2, 0) is 10.2 Å². The van der Waals surface area contributed by atoms with E-state index in [1.54, 1.807) is 0 Å². The zero-order valence-corrected chi connectivity index (χ0v) is 15.0. The highest BCUT2D eigenvalue weighted by Gasteiger charge is 2.40. The van der Waals surface area contributed by atoms with Crippen molar-refractivity contribution in [2.45, 2.75) is 56.4 Å². The van der Waals surface area contributed by atoms with Gasteiger partial charge in [-0.15, -0.1) is 0 Å². The molecule has 0 atom stereocenters. The quantitative estimate of drug-likeness (QED) is 0.880. The van der Waals surface area contributed by atoms with Crippen LogP contribution in [0.5, 0.6) is 0 Å². The Hall–Kier alpha value is -1.06. The lowest BCUT2D eigenvalue weighted by atomic mass is 9.64. The molecule has 0 aromatic heterocycles. The molecule has 1 N–H and O–H groups in total. The first-order chi connectivity index (χ1) is 11.6. The number of hydrogen-bond acceptors (Lipinski definition) is 2. The van der Waals surface area contributed by atoms with Crippen LogP contribution in [-0.4, -0.2) is 36.5 Å². The topological polar surface area (TPSA) is 32.3 Å². The van der Waals surface area contributed by atoms with Crippen LogP contribution in [0, 0.1) is 5.92 Å². The highest BCUT2D eigenvalue weighted by molar-refractivity contribution is 6.30. The van der Waals surface area contributed by atoms with Crippen molar-refractivity contribution in [3.8, 4) is 0 Å². The SMILES string of the molecule is O=C(NC1CCN(CC2(c3ccc(Cl)cc3)CCC2)CC1)C1CC1. The highest BCUT2D eigenvalue weighted by Crippen LogP contribution is 2.45. The molecule has 1 aliphatic heterocycles. The summed E-state index contributed by atoms with van der Waals surface area (Å²) in [6.45, 7) is 3.35. The van der Waals surface area contributed by atoms with E-state index in [1.807, 2.05) is 12.1 Å². The molecule has 2 aliphatic carbocycles. The number of likely N-dealkylation sites (tertiary alicyclic amines) is 1. The van der Waals surface area contributed by atoms with Gasteiger partial charge in [0.05, 0.1) is 0 Å². The number of piperidine rings is 1. The van der Waals surface area contributed by atoms with Crippen LogP contribution < -0.4 is 5.32 Å². The van der Waals surface area contributed by atoms with Gasteiger partial charge in [0.1, 0.15) is 0 Å². The third-order valence-electron chi connectivity index (χ3n) is 6.18. The molecular weight excluding hydrogens is 320 g/mol. The summed E-state index contributed by atoms with van der Waals surface area (Å²) in [4.78, 5) is 14.5. The Morgan fingerprint density at radius 2 is 1.79 bits per heavy atom. The van der Waals surface area contributed by atoms with E-state index >= 15 is 0 Å². The highest BCUT2D eigenvalue weighted by atomic mass is 35.5. The second kappa shape index (κ2) is 6.68. The van der Waals surface area contributed by atoms with Crippen LogP contribution in [0.3, 0.4) is 0 Å². The third kappa shape index (κ3) is 3.48. The minimum absolute atomic E-state index is 0.296. The molecule has 1 saturated heterocycles. The molecule has 4 rings (SSSR count). The maximum atomic E-state index is 11.9. The van der Waals surface area contributed by atoms with Crippen LogP contribution in [0.1, 0.15) is 50.5 Å². The molecule has 0 bridgehead atoms. The van der Waals surface area contributed by atoms with Crippen LogP contribution in [0.15, 0.2) is 24.3 Å². The van der Waals surface area contributed by atoms with Crippen molar-refractivity contribution in [1.82, 2.24) is 10.2 Å². The third-order valence-corrected chi connectivity index (χ3v) is 6.43. The molecule has 3 fully saturated rings. The minimum Gasteiger partial charge on any atom is -0.353 e. The summed E-state index contributed by atoms with van der Waals surface area (Å²) in [6.07, 6.45) is 8.27. The van der Waals surface area contributed by atoms with Gasteiger partial charge in [0, 0.05) is 42.0 Å².